The van der Waals surface area contributed by atoms with Crippen molar-refractivity contribution in [1.82, 2.24) is 54.8 Å². The molecular weight excluding hydrogens is 1560 g/mol. The Morgan fingerprint density at radius 2 is 0.664 bits per heavy atom. The molecule has 0 spiro atoms. The quantitative estimate of drug-likeness (QED) is 0.0683. The normalized spacial score (nSPS) is 46.4. The summed E-state index contributed by atoms with van der Waals surface area (Å²) in [6.45, 7) is 38.4. The number of fused-ring (bicyclic) bond motifs is 20. The second-order valence-corrected chi connectivity index (χ2v) is 48.7. The molecule has 686 valence electrons. The summed E-state index contributed by atoms with van der Waals surface area (Å²) in [6.07, 6.45) is 49.1. The van der Waals surface area contributed by atoms with Crippen LogP contribution < -0.4 is 11.5 Å². The highest BCUT2D eigenvalue weighted by Crippen LogP contribution is 2.74. The van der Waals surface area contributed by atoms with Gasteiger partial charge in [0.15, 0.2) is 23.1 Å². The van der Waals surface area contributed by atoms with E-state index in [1.54, 1.807) is 49.8 Å². The van der Waals surface area contributed by atoms with Gasteiger partial charge in [0.05, 0.1) is 76.4 Å². The molecular formula is C103H156N14O8. The molecule has 4 aromatic heterocycles. The molecule has 16 aliphatic rings. The molecule has 0 saturated heterocycles. The second kappa shape index (κ2) is 32.9. The highest BCUT2D eigenvalue weighted by atomic mass is 16.3. The number of carbonyl (C=O) groups excluding carboxylic acids is 4. The average Bonchev–Trinajstić information content (AvgIpc) is 1.67. The fraction of sp³-hybridized carbons (Fsp3) is 0.825. The van der Waals surface area contributed by atoms with Crippen molar-refractivity contribution in [3.05, 3.63) is 66.8 Å². The molecule has 16 aliphatic carbocycles. The summed E-state index contributed by atoms with van der Waals surface area (Å²) < 4.78 is 4.89. The van der Waals surface area contributed by atoms with E-state index in [-0.39, 0.29) is 65.0 Å². The van der Waals surface area contributed by atoms with Gasteiger partial charge in [0.25, 0.3) is 0 Å². The van der Waals surface area contributed by atoms with Gasteiger partial charge in [-0.25, -0.2) is 9.36 Å². The van der Waals surface area contributed by atoms with Crippen LogP contribution in [0, 0.1) is 180 Å². The minimum atomic E-state index is -0.484. The van der Waals surface area contributed by atoms with Gasteiger partial charge in [-0.3, -0.25) is 23.9 Å². The second-order valence-electron chi connectivity index (χ2n) is 48.7. The molecule has 20 rings (SSSR count). The first kappa shape index (κ1) is 90.6. The molecule has 125 heavy (non-hydrogen) atoms. The third-order valence-corrected chi connectivity index (χ3v) is 41.8. The smallest absolute Gasteiger partial charge is 0.159 e. The molecule has 22 heteroatoms. The first-order valence-corrected chi connectivity index (χ1v) is 49.8. The van der Waals surface area contributed by atoms with Gasteiger partial charge in [-0.1, -0.05) is 79.0 Å². The van der Waals surface area contributed by atoms with Gasteiger partial charge in [0.1, 0.15) is 37.1 Å². The molecule has 4 heterocycles. The van der Waals surface area contributed by atoms with Crippen molar-refractivity contribution in [3.63, 3.8) is 0 Å². The lowest BCUT2D eigenvalue weighted by molar-refractivity contribution is -0.151. The molecule has 0 bridgehead atoms. The fourth-order valence-electron chi connectivity index (χ4n) is 34.9. The Hall–Kier alpha value is -6.28. The minimum Gasteiger partial charge on any atom is -0.397 e. The van der Waals surface area contributed by atoms with Crippen molar-refractivity contribution >= 4 is 34.5 Å². The minimum absolute atomic E-state index is 0.0997. The maximum atomic E-state index is 13.4. The zero-order chi connectivity index (χ0) is 89.1. The number of Topliss-reactive ketones (excluding diaryl/α,β-unsaturated/α-hetero) is 4. The molecule has 22 nitrogen and oxygen atoms in total. The van der Waals surface area contributed by atoms with E-state index in [2.05, 4.69) is 111 Å². The van der Waals surface area contributed by atoms with Crippen molar-refractivity contribution in [2.75, 3.05) is 0 Å². The highest BCUT2D eigenvalue weighted by Gasteiger charge is 2.68. The maximum Gasteiger partial charge on any atom is 0.159 e. The molecule has 0 aliphatic heterocycles. The summed E-state index contributed by atoms with van der Waals surface area (Å²) in [5.74, 6) is 12.9. The highest BCUT2D eigenvalue weighted by molar-refractivity contribution is 5.84. The van der Waals surface area contributed by atoms with Crippen LogP contribution >= 0.6 is 0 Å². The number of nitrogens with zero attached hydrogens (tertiary/aromatic N) is 12. The molecule has 32 atom stereocenters. The molecule has 0 amide bonds. The van der Waals surface area contributed by atoms with E-state index in [1.165, 1.54) is 116 Å². The lowest BCUT2D eigenvalue weighted by atomic mass is 9.44. The Bertz CT molecular complexity index is 4600. The zero-order valence-corrected chi connectivity index (χ0v) is 78.6. The first-order chi connectivity index (χ1) is 58.8. The number of ketones is 4. The third-order valence-electron chi connectivity index (χ3n) is 41.8. The predicted octanol–water partition coefficient (Wildman–Crippen LogP) is 17.7. The van der Waals surface area contributed by atoms with Crippen molar-refractivity contribution in [2.45, 2.75) is 370 Å². The van der Waals surface area contributed by atoms with Crippen LogP contribution in [0.4, 0.5) is 0 Å². The first-order valence-electron chi connectivity index (χ1n) is 49.8. The summed E-state index contributed by atoms with van der Waals surface area (Å²) in [7, 11) is 0. The van der Waals surface area contributed by atoms with Crippen LogP contribution in [0.25, 0.3) is 11.4 Å². The van der Waals surface area contributed by atoms with E-state index in [9.17, 15) is 39.6 Å². The van der Waals surface area contributed by atoms with E-state index < -0.39 is 22.4 Å². The lowest BCUT2D eigenvalue weighted by Gasteiger charge is -2.61. The number of aliphatic hydroxyl groups is 4. The number of aryl methyl sites for hydroxylation is 1. The van der Waals surface area contributed by atoms with Crippen LogP contribution in [0.2, 0.25) is 0 Å². The predicted molar refractivity (Wildman–Crippen MR) is 482 cm³/mol. The monoisotopic (exact) mass is 1720 g/mol. The van der Waals surface area contributed by atoms with E-state index in [0.29, 0.717) is 127 Å². The fourth-order valence-corrected chi connectivity index (χ4v) is 34.9. The standard InChI is InChI=1S/2C26H40N4O2.C26H37N3O2.C25H39N3O2/c2*1-16(27)22-14-30(29-28-22)15-23(31)21-8-7-19-18-6-5-17-13-24(2,32)11-12-25(17,3)20(18)9-10-26(19,21)4;1-24(31)10-11-25(2)18(12-24)4-5-19-20-6-7-22(26(20,3)9-8-21(19)25)23(30)16-29-15-17(13-27)14-28-29;1-16-14-26-28(27-16)15-22(29)21-8-7-19-18-6-5-17-13-23(2,30)11-12-24(17,3)20(18)9-10-25(19,21)4/h2*14,17-21,32H,1,5-13,15,27H2,2-4H3;14-15,18-22,31H,4-12,16H2,1-3H3;14,17-21,30H,5-13,15H2,1-4H3/t2*17-,18+,19+,20+,21-,24-,25+,26+;18-,19+,20+,21+,22-,24-,25+,26+;17-,18+,19+,20+,21-,23-,24+,25+/m1111/s1. The van der Waals surface area contributed by atoms with E-state index in [4.69, 9.17) is 16.7 Å². The Morgan fingerprint density at radius 1 is 0.376 bits per heavy atom. The molecule has 0 unspecified atom stereocenters. The zero-order valence-electron chi connectivity index (χ0n) is 78.6. The van der Waals surface area contributed by atoms with Gasteiger partial charge in [-0.15, -0.1) is 10.2 Å². The molecule has 16 fully saturated rings. The number of carbonyl (C=O) groups is 4. The van der Waals surface area contributed by atoms with Crippen LogP contribution in [-0.4, -0.2) is 121 Å². The SMILES string of the molecule is C=C(N)c1cn(CC(=O)[C@H]2CC[C@H]3[C@@H]4CC[C@@H]5C[C@](C)(O)CC[C@]5(C)[C@H]4CC[C@]23C)nn1.C=C(N)c1cn(CC(=O)[C@H]2CC[C@H]3[C@@H]4CC[C@@H]5C[C@](C)(O)CC[C@]5(C)[C@H]4CC[C@]23C)nn1.C[C@@]1(O)CC[C@@]2(C)[C@H](CC[C@@H]3[C@@H]2CC[C@]2(C)[C@@H](C(=O)Cn4cc(C#N)cn4)CC[C@@H]32)C1.Cc1cnn(CC(=O)[C@H]2CC[C@H]3[C@@H]4CC[C@@H]5C[C@](C)(O)CC[C@]5(C)[C@H]4CC[C@]23C)n1. The third kappa shape index (κ3) is 16.2. The lowest BCUT2D eigenvalue weighted by Crippen LogP contribution is -2.55. The summed E-state index contributed by atoms with van der Waals surface area (Å²) in [5.41, 5.74) is 14.6. The largest absolute Gasteiger partial charge is 0.397 e. The Morgan fingerprint density at radius 3 is 0.928 bits per heavy atom. The molecule has 0 radical (unpaired) electrons. The molecule has 0 aromatic carbocycles. The summed E-state index contributed by atoms with van der Waals surface area (Å²) in [6, 6.07) is 2.10. The molecule has 8 N–H and O–H groups in total. The Balaban J connectivity index is 0.000000118. The number of nitrogens with two attached hydrogens (primary N) is 2. The topological polar surface area (TPSA) is 335 Å². The Labute approximate surface area is 745 Å². The number of aromatic nitrogens is 11. The maximum absolute atomic E-state index is 13.4. The van der Waals surface area contributed by atoms with E-state index in [0.717, 1.165) is 169 Å². The van der Waals surface area contributed by atoms with Crippen molar-refractivity contribution < 1.29 is 39.6 Å². The van der Waals surface area contributed by atoms with Crippen molar-refractivity contribution in [1.29, 1.82) is 5.26 Å². The van der Waals surface area contributed by atoms with Gasteiger partial charge in [0.2, 0.25) is 0 Å². The van der Waals surface area contributed by atoms with Gasteiger partial charge in [0, 0.05) is 29.9 Å². The van der Waals surface area contributed by atoms with Gasteiger partial charge in [-0.2, -0.15) is 25.4 Å². The summed E-state index contributed by atoms with van der Waals surface area (Å²) in [5, 5.41) is 80.8. The van der Waals surface area contributed by atoms with Crippen LogP contribution in [0.3, 0.4) is 0 Å². The number of rotatable bonds is 14. The van der Waals surface area contributed by atoms with Crippen molar-refractivity contribution in [3.8, 4) is 6.07 Å². The van der Waals surface area contributed by atoms with E-state index >= 15 is 0 Å². The summed E-state index contributed by atoms with van der Waals surface area (Å²) >= 11 is 0. The van der Waals surface area contributed by atoms with Crippen LogP contribution in [-0.2, 0) is 45.4 Å². The van der Waals surface area contributed by atoms with E-state index in [1.807, 2.05) is 34.6 Å². The Kier molecular flexibility index (Phi) is 23.9. The number of nitriles is 1. The van der Waals surface area contributed by atoms with Gasteiger partial charge in [-0.05, 0) is 404 Å². The van der Waals surface area contributed by atoms with Gasteiger partial charge >= 0.3 is 0 Å². The van der Waals surface area contributed by atoms with Crippen LogP contribution in [0.15, 0.2) is 44.1 Å². The number of hydrogen-bond donors (Lipinski definition) is 6. The molecule has 16 saturated carbocycles. The van der Waals surface area contributed by atoms with Crippen LogP contribution in [0.5, 0.6) is 0 Å². The average molecular weight is 1720 g/mol. The van der Waals surface area contributed by atoms with Crippen molar-refractivity contribution in [2.24, 2.45) is 173 Å². The summed E-state index contributed by atoms with van der Waals surface area (Å²) in [4.78, 5) is 55.0. The number of hydrogen-bond acceptors (Lipinski definition) is 18. The van der Waals surface area contributed by atoms with Gasteiger partial charge < -0.3 is 31.9 Å². The molecule has 4 aromatic rings. The van der Waals surface area contributed by atoms with Crippen LogP contribution in [0.1, 0.15) is 337 Å².